The van der Waals surface area contributed by atoms with Crippen LogP contribution in [0.2, 0.25) is 0 Å². The molecule has 0 amide bonds. The van der Waals surface area contributed by atoms with Gasteiger partial charge in [-0.3, -0.25) is 4.68 Å². The first-order valence-corrected chi connectivity index (χ1v) is 6.30. The van der Waals surface area contributed by atoms with Gasteiger partial charge in [0, 0.05) is 19.8 Å². The molecular weight excluding hydrogens is 267 g/mol. The van der Waals surface area contributed by atoms with Gasteiger partial charge in [-0.05, 0) is 30.2 Å². The van der Waals surface area contributed by atoms with Crippen molar-refractivity contribution in [3.05, 3.63) is 53.3 Å². The first kappa shape index (κ1) is 14.6. The number of benzene rings is 1. The zero-order valence-corrected chi connectivity index (χ0v) is 11.1. The maximum Gasteiger partial charge on any atom is 0.416 e. The molecule has 0 bridgehead atoms. The molecule has 2 rings (SSSR count). The van der Waals surface area contributed by atoms with Crippen LogP contribution in [0.15, 0.2) is 36.7 Å². The van der Waals surface area contributed by atoms with E-state index in [1.54, 1.807) is 16.9 Å². The monoisotopic (exact) mass is 283 g/mol. The second-order valence-corrected chi connectivity index (χ2v) is 4.60. The average Bonchev–Trinajstić information content (AvgIpc) is 2.80. The van der Waals surface area contributed by atoms with Crippen LogP contribution in [-0.2, 0) is 26.2 Å². The van der Waals surface area contributed by atoms with Crippen LogP contribution >= 0.6 is 0 Å². The summed E-state index contributed by atoms with van der Waals surface area (Å²) in [6.07, 6.45) is 0.0837. The highest BCUT2D eigenvalue weighted by Gasteiger charge is 2.32. The molecule has 20 heavy (non-hydrogen) atoms. The van der Waals surface area contributed by atoms with Gasteiger partial charge in [0.25, 0.3) is 0 Å². The van der Waals surface area contributed by atoms with Gasteiger partial charge < -0.3 is 5.32 Å². The number of halogens is 3. The molecule has 0 aliphatic rings. The molecule has 1 N–H and O–H groups in total. The Morgan fingerprint density at radius 1 is 1.25 bits per heavy atom. The van der Waals surface area contributed by atoms with E-state index in [4.69, 9.17) is 0 Å². The third kappa shape index (κ3) is 3.84. The summed E-state index contributed by atoms with van der Waals surface area (Å²) in [5, 5.41) is 7.07. The Morgan fingerprint density at radius 3 is 2.65 bits per heavy atom. The summed E-state index contributed by atoms with van der Waals surface area (Å²) in [6.45, 7) is 0.813. The minimum atomic E-state index is -4.30. The third-order valence-corrected chi connectivity index (χ3v) is 2.99. The minimum Gasteiger partial charge on any atom is -0.312 e. The number of aromatic nitrogens is 2. The average molecular weight is 283 g/mol. The van der Waals surface area contributed by atoms with E-state index in [0.29, 0.717) is 6.54 Å². The molecule has 1 heterocycles. The van der Waals surface area contributed by atoms with E-state index in [-0.39, 0.29) is 12.1 Å². The normalized spacial score (nSPS) is 11.8. The molecule has 0 spiro atoms. The molecule has 0 fully saturated rings. The number of aryl methyl sites for hydroxylation is 1. The molecule has 0 radical (unpaired) electrons. The van der Waals surface area contributed by atoms with E-state index in [2.05, 4.69) is 10.4 Å². The van der Waals surface area contributed by atoms with Crippen LogP contribution in [0.4, 0.5) is 13.2 Å². The van der Waals surface area contributed by atoms with Crippen molar-refractivity contribution < 1.29 is 13.2 Å². The summed E-state index contributed by atoms with van der Waals surface area (Å²) in [4.78, 5) is 0. The molecule has 0 atom stereocenters. The van der Waals surface area contributed by atoms with E-state index < -0.39 is 11.7 Å². The zero-order chi connectivity index (χ0) is 14.6. The maximum atomic E-state index is 12.8. The highest BCUT2D eigenvalue weighted by atomic mass is 19.4. The van der Waals surface area contributed by atoms with Crippen LogP contribution in [0.5, 0.6) is 0 Å². The molecule has 1 aromatic heterocycles. The highest BCUT2D eigenvalue weighted by molar-refractivity contribution is 5.29. The van der Waals surface area contributed by atoms with Crippen molar-refractivity contribution in [3.63, 3.8) is 0 Å². The summed E-state index contributed by atoms with van der Waals surface area (Å²) in [6, 6.07) is 5.63. The van der Waals surface area contributed by atoms with Crippen LogP contribution in [0.25, 0.3) is 0 Å². The Kier molecular flexibility index (Phi) is 4.44. The van der Waals surface area contributed by atoms with Gasteiger partial charge in [0.1, 0.15) is 0 Å². The van der Waals surface area contributed by atoms with Crippen LogP contribution in [-0.4, -0.2) is 16.3 Å². The Labute approximate surface area is 115 Å². The van der Waals surface area contributed by atoms with Gasteiger partial charge in [0.15, 0.2) is 0 Å². The van der Waals surface area contributed by atoms with Crippen LogP contribution in [0.1, 0.15) is 16.7 Å². The molecule has 108 valence electrons. The van der Waals surface area contributed by atoms with Crippen molar-refractivity contribution in [1.29, 1.82) is 0 Å². The largest absolute Gasteiger partial charge is 0.416 e. The lowest BCUT2D eigenvalue weighted by Crippen LogP contribution is -2.19. The van der Waals surface area contributed by atoms with E-state index >= 15 is 0 Å². The van der Waals surface area contributed by atoms with Gasteiger partial charge >= 0.3 is 6.18 Å². The zero-order valence-electron chi connectivity index (χ0n) is 11.1. The number of alkyl halides is 3. The smallest absolute Gasteiger partial charge is 0.312 e. The summed E-state index contributed by atoms with van der Waals surface area (Å²) >= 11 is 0. The number of hydrogen-bond acceptors (Lipinski definition) is 2. The topological polar surface area (TPSA) is 29.9 Å². The highest BCUT2D eigenvalue weighted by Crippen LogP contribution is 2.31. The fourth-order valence-electron chi connectivity index (χ4n) is 2.01. The van der Waals surface area contributed by atoms with Gasteiger partial charge in [-0.15, -0.1) is 0 Å². The Hall–Kier alpha value is -1.82. The second-order valence-electron chi connectivity index (χ2n) is 4.60. The summed E-state index contributed by atoms with van der Waals surface area (Å²) < 4.78 is 40.1. The Balaban J connectivity index is 1.88. The van der Waals surface area contributed by atoms with E-state index in [9.17, 15) is 13.2 Å². The van der Waals surface area contributed by atoms with Crippen molar-refractivity contribution in [1.82, 2.24) is 15.1 Å². The quantitative estimate of drug-likeness (QED) is 0.855. The summed E-state index contributed by atoms with van der Waals surface area (Å²) in [7, 11) is 1.83. The third-order valence-electron chi connectivity index (χ3n) is 2.99. The van der Waals surface area contributed by atoms with E-state index in [1.807, 2.05) is 13.2 Å². The lowest BCUT2D eigenvalue weighted by atomic mass is 10.1. The van der Waals surface area contributed by atoms with Crippen molar-refractivity contribution in [3.8, 4) is 0 Å². The molecule has 0 aliphatic heterocycles. The second kappa shape index (κ2) is 6.09. The van der Waals surface area contributed by atoms with Crippen molar-refractivity contribution >= 4 is 0 Å². The molecule has 2 aromatic rings. The fourth-order valence-corrected chi connectivity index (χ4v) is 2.01. The molecule has 0 aliphatic carbocycles. The lowest BCUT2D eigenvalue weighted by Gasteiger charge is -2.13. The van der Waals surface area contributed by atoms with E-state index in [1.165, 1.54) is 12.1 Å². The number of rotatable bonds is 5. The minimum absolute atomic E-state index is 0.204. The maximum absolute atomic E-state index is 12.8. The molecule has 0 unspecified atom stereocenters. The first-order chi connectivity index (χ1) is 9.47. The Morgan fingerprint density at radius 2 is 2.00 bits per heavy atom. The van der Waals surface area contributed by atoms with Gasteiger partial charge in [0.2, 0.25) is 0 Å². The molecule has 6 heteroatoms. The van der Waals surface area contributed by atoms with Gasteiger partial charge in [-0.25, -0.2) is 0 Å². The molecule has 0 saturated heterocycles. The lowest BCUT2D eigenvalue weighted by molar-refractivity contribution is -0.138. The molecule has 1 aromatic carbocycles. The van der Waals surface area contributed by atoms with Crippen LogP contribution in [0.3, 0.4) is 0 Å². The summed E-state index contributed by atoms with van der Waals surface area (Å²) in [5.41, 5.74) is 0.754. The van der Waals surface area contributed by atoms with Crippen LogP contribution < -0.4 is 5.32 Å². The SMILES string of the molecule is Cn1cc(CCNCc2ccccc2C(F)(F)F)cn1. The van der Waals surface area contributed by atoms with Crippen molar-refractivity contribution in [2.45, 2.75) is 19.1 Å². The van der Waals surface area contributed by atoms with Crippen LogP contribution in [0, 0.1) is 0 Å². The number of nitrogens with zero attached hydrogens (tertiary/aromatic N) is 2. The van der Waals surface area contributed by atoms with Crippen molar-refractivity contribution in [2.24, 2.45) is 7.05 Å². The number of nitrogens with one attached hydrogen (secondary N) is 1. The predicted molar refractivity (Wildman–Crippen MR) is 70.1 cm³/mol. The first-order valence-electron chi connectivity index (χ1n) is 6.30. The van der Waals surface area contributed by atoms with Gasteiger partial charge in [-0.1, -0.05) is 18.2 Å². The number of hydrogen-bond donors (Lipinski definition) is 1. The Bertz CT molecular complexity index is 561. The van der Waals surface area contributed by atoms with E-state index in [0.717, 1.165) is 18.1 Å². The molecule has 3 nitrogen and oxygen atoms in total. The van der Waals surface area contributed by atoms with Gasteiger partial charge in [-0.2, -0.15) is 18.3 Å². The summed E-state index contributed by atoms with van der Waals surface area (Å²) in [5.74, 6) is 0. The van der Waals surface area contributed by atoms with Gasteiger partial charge in [0.05, 0.1) is 11.8 Å². The molecule has 0 saturated carbocycles. The van der Waals surface area contributed by atoms with Crippen molar-refractivity contribution in [2.75, 3.05) is 6.54 Å². The fraction of sp³-hybridized carbons (Fsp3) is 0.357. The molecular formula is C14H16F3N3. The predicted octanol–water partition coefficient (Wildman–Crippen LogP) is 2.77. The standard InChI is InChI=1S/C14H16F3N3/c1-20-10-11(8-19-20)6-7-18-9-12-4-2-3-5-13(12)14(15,16)17/h2-5,8,10,18H,6-7,9H2,1H3.